The maximum Gasteiger partial charge on any atom is 0.166 e. The Morgan fingerprint density at radius 3 is 3.00 bits per heavy atom. The van der Waals surface area contributed by atoms with Gasteiger partial charge in [0, 0.05) is 50.0 Å². The summed E-state index contributed by atoms with van der Waals surface area (Å²) < 4.78 is 13.6. The van der Waals surface area contributed by atoms with E-state index in [1.54, 1.807) is 6.33 Å². The molecular weight excluding hydrogens is 523 g/mol. The molecule has 4 atom stereocenters. The predicted molar refractivity (Wildman–Crippen MR) is 73.7 cm³/mol. The van der Waals surface area contributed by atoms with Gasteiger partial charge in [-0.15, -0.1) is 0 Å². The Morgan fingerprint density at radius 1 is 1.45 bits per heavy atom. The van der Waals surface area contributed by atoms with Crippen molar-refractivity contribution in [2.75, 3.05) is 19.8 Å². The Hall–Kier alpha value is 0.162. The van der Waals surface area contributed by atoms with Gasteiger partial charge in [0.1, 0.15) is 23.7 Å². The number of aliphatic hydroxyl groups excluding tert-OH is 1. The molecular formula is C13H15AcClN4O3. The summed E-state index contributed by atoms with van der Waals surface area (Å²) in [4.78, 5) is 12.5. The summed E-state index contributed by atoms with van der Waals surface area (Å²) in [5, 5.41) is 10.1. The Balaban J connectivity index is 0.00000144. The van der Waals surface area contributed by atoms with E-state index in [1.807, 2.05) is 4.57 Å². The molecule has 2 aromatic heterocycles. The Morgan fingerprint density at radius 2 is 2.27 bits per heavy atom. The average Bonchev–Trinajstić information content (AvgIpc) is 2.96. The van der Waals surface area contributed by atoms with Gasteiger partial charge in [0.25, 0.3) is 0 Å². The molecule has 2 bridgehead atoms. The second-order valence-electron chi connectivity index (χ2n) is 5.69. The second kappa shape index (κ2) is 6.23. The zero-order valence-corrected chi connectivity index (χ0v) is 17.5. The van der Waals surface area contributed by atoms with Crippen LogP contribution in [-0.2, 0) is 9.47 Å². The van der Waals surface area contributed by atoms with Gasteiger partial charge >= 0.3 is 0 Å². The minimum atomic E-state index is -0.652. The van der Waals surface area contributed by atoms with E-state index in [-0.39, 0.29) is 68.7 Å². The summed E-state index contributed by atoms with van der Waals surface area (Å²) in [6, 6.07) is 0. The van der Waals surface area contributed by atoms with Gasteiger partial charge in [0.15, 0.2) is 10.8 Å². The molecule has 115 valence electrons. The van der Waals surface area contributed by atoms with Gasteiger partial charge in [-0.05, 0) is 5.92 Å². The summed E-state index contributed by atoms with van der Waals surface area (Å²) >= 11 is 6.04. The van der Waals surface area contributed by atoms with Crippen LogP contribution in [-0.4, -0.2) is 50.0 Å². The molecule has 2 aliphatic rings. The molecule has 2 aliphatic heterocycles. The van der Waals surface area contributed by atoms with Crippen LogP contribution in [0.25, 0.3) is 11.2 Å². The molecule has 1 N–H and O–H groups in total. The molecule has 7 nitrogen and oxygen atoms in total. The van der Waals surface area contributed by atoms with E-state index in [0.717, 1.165) is 0 Å². The molecule has 0 amide bonds. The monoisotopic (exact) mass is 537 g/mol. The number of rotatable bonds is 2. The molecule has 0 aromatic carbocycles. The predicted octanol–water partition coefficient (Wildman–Crippen LogP) is 1.02. The third-order valence-electron chi connectivity index (χ3n) is 4.71. The van der Waals surface area contributed by atoms with Crippen LogP contribution in [0.3, 0.4) is 0 Å². The van der Waals surface area contributed by atoms with Gasteiger partial charge in [-0.2, -0.15) is 0 Å². The first-order chi connectivity index (χ1) is 10.2. The standard InChI is InChI=1S/C13H15ClN4O3.Ac/c1-7-8-2-20-4-13(7,3-19)21-12(8)18-6-17-9-10(14)15-5-16-11(9)18;/h5-8,12,19H,2-4H2,1H3;. The van der Waals surface area contributed by atoms with E-state index in [2.05, 4.69) is 21.9 Å². The minimum Gasteiger partial charge on any atom is -0.393 e. The van der Waals surface area contributed by atoms with E-state index in [0.29, 0.717) is 29.5 Å². The zero-order valence-electron chi connectivity index (χ0n) is 12.0. The van der Waals surface area contributed by atoms with E-state index in [1.165, 1.54) is 6.33 Å². The van der Waals surface area contributed by atoms with Crippen LogP contribution >= 0.6 is 11.6 Å². The summed E-state index contributed by atoms with van der Waals surface area (Å²) in [7, 11) is 0. The van der Waals surface area contributed by atoms with Gasteiger partial charge in [-0.25, -0.2) is 15.0 Å². The van der Waals surface area contributed by atoms with E-state index in [9.17, 15) is 5.11 Å². The molecule has 2 aromatic rings. The van der Waals surface area contributed by atoms with Crippen LogP contribution in [0.2, 0.25) is 5.15 Å². The number of hydrogen-bond acceptors (Lipinski definition) is 6. The molecule has 0 saturated carbocycles. The first kappa shape index (κ1) is 17.0. The molecule has 22 heavy (non-hydrogen) atoms. The number of hydrogen-bond donors (Lipinski definition) is 1. The molecule has 1 radical (unpaired) electrons. The second-order valence-corrected chi connectivity index (χ2v) is 6.05. The number of imidazole rings is 1. The van der Waals surface area contributed by atoms with Gasteiger partial charge in [0.05, 0.1) is 26.1 Å². The maximum absolute atomic E-state index is 9.73. The molecule has 0 aliphatic carbocycles. The molecule has 2 saturated heterocycles. The third-order valence-corrected chi connectivity index (χ3v) is 4.98. The summed E-state index contributed by atoms with van der Waals surface area (Å²) in [6.07, 6.45) is 2.80. The van der Waals surface area contributed by atoms with Crippen molar-refractivity contribution in [3.8, 4) is 0 Å². The first-order valence-electron chi connectivity index (χ1n) is 6.86. The van der Waals surface area contributed by atoms with E-state index >= 15 is 0 Å². The normalized spacial score (nSPS) is 33.9. The maximum atomic E-state index is 9.73. The van der Waals surface area contributed by atoms with Gasteiger partial charge in [-0.1, -0.05) is 18.5 Å². The summed E-state index contributed by atoms with van der Waals surface area (Å²) in [6.45, 7) is 3.01. The number of fused-ring (bicyclic) bond motifs is 3. The van der Waals surface area contributed by atoms with E-state index < -0.39 is 5.60 Å². The Kier molecular flexibility index (Phi) is 4.81. The quantitative estimate of drug-likeness (QED) is 0.577. The fraction of sp³-hybridized carbons (Fsp3) is 0.615. The van der Waals surface area contributed by atoms with Crippen molar-refractivity contribution in [3.05, 3.63) is 17.8 Å². The number of ether oxygens (including phenoxy) is 2. The summed E-state index contributed by atoms with van der Waals surface area (Å²) in [5.41, 5.74) is 0.532. The van der Waals surface area contributed by atoms with Crippen LogP contribution in [0.1, 0.15) is 13.2 Å². The Labute approximate surface area is 167 Å². The van der Waals surface area contributed by atoms with Crippen LogP contribution in [0.15, 0.2) is 12.7 Å². The SMILES string of the molecule is CC1C2COCC1(CO)OC2n1cnc2c(Cl)ncnc21.[Ac]. The van der Waals surface area contributed by atoms with Crippen molar-refractivity contribution in [3.63, 3.8) is 0 Å². The molecule has 4 unspecified atom stereocenters. The van der Waals surface area contributed by atoms with Crippen LogP contribution < -0.4 is 0 Å². The van der Waals surface area contributed by atoms with Crippen molar-refractivity contribution in [2.45, 2.75) is 18.8 Å². The fourth-order valence-corrected chi connectivity index (χ4v) is 3.51. The van der Waals surface area contributed by atoms with Crippen LogP contribution in [0, 0.1) is 55.9 Å². The van der Waals surface area contributed by atoms with Crippen LogP contribution in [0.4, 0.5) is 0 Å². The van der Waals surface area contributed by atoms with Crippen molar-refractivity contribution in [1.82, 2.24) is 19.5 Å². The number of aliphatic hydroxyl groups is 1. The average molecular weight is 538 g/mol. The largest absolute Gasteiger partial charge is 0.393 e. The van der Waals surface area contributed by atoms with Crippen molar-refractivity contribution in [2.24, 2.45) is 11.8 Å². The number of nitrogens with zero attached hydrogens (tertiary/aromatic N) is 4. The van der Waals surface area contributed by atoms with Crippen molar-refractivity contribution < 1.29 is 58.6 Å². The van der Waals surface area contributed by atoms with Crippen LogP contribution in [0.5, 0.6) is 0 Å². The first-order valence-corrected chi connectivity index (χ1v) is 7.23. The molecule has 9 heteroatoms. The van der Waals surface area contributed by atoms with Crippen molar-refractivity contribution >= 4 is 22.8 Å². The topological polar surface area (TPSA) is 82.3 Å². The Bertz CT molecular complexity index is 699. The smallest absolute Gasteiger partial charge is 0.166 e. The zero-order chi connectivity index (χ0) is 14.6. The molecule has 2 fully saturated rings. The van der Waals surface area contributed by atoms with E-state index in [4.69, 9.17) is 21.1 Å². The van der Waals surface area contributed by atoms with Gasteiger partial charge in [0.2, 0.25) is 0 Å². The molecule has 4 heterocycles. The summed E-state index contributed by atoms with van der Waals surface area (Å²) in [5.74, 6) is 0.327. The third kappa shape index (κ3) is 2.35. The molecule has 0 spiro atoms. The number of halogens is 1. The fourth-order valence-electron chi connectivity index (χ4n) is 3.33. The number of aromatic nitrogens is 4. The minimum absolute atomic E-state index is 0. The molecule has 4 rings (SSSR count). The van der Waals surface area contributed by atoms with Gasteiger partial charge in [-0.3, -0.25) is 4.57 Å². The van der Waals surface area contributed by atoms with Crippen molar-refractivity contribution in [1.29, 1.82) is 0 Å². The van der Waals surface area contributed by atoms with Gasteiger partial charge < -0.3 is 14.6 Å².